The van der Waals surface area contributed by atoms with Gasteiger partial charge in [0.25, 0.3) is 5.69 Å². The number of carbonyl (C=O) groups is 1. The highest BCUT2D eigenvalue weighted by molar-refractivity contribution is 9.10. The van der Waals surface area contributed by atoms with E-state index in [1.54, 1.807) is 12.1 Å². The van der Waals surface area contributed by atoms with Gasteiger partial charge in [-0.2, -0.15) is 0 Å². The van der Waals surface area contributed by atoms with Gasteiger partial charge < -0.3 is 0 Å². The van der Waals surface area contributed by atoms with Crippen molar-refractivity contribution in [3.63, 3.8) is 0 Å². The van der Waals surface area contributed by atoms with E-state index in [2.05, 4.69) is 27.8 Å². The zero-order valence-corrected chi connectivity index (χ0v) is 12.0. The number of hydrogen-bond acceptors (Lipinski definition) is 4. The highest BCUT2D eigenvalue weighted by Gasteiger charge is 2.11. The second kappa shape index (κ2) is 7.19. The number of thioether (sulfide) groups is 1. The molecule has 0 aliphatic rings. The van der Waals surface area contributed by atoms with Crippen LogP contribution in [0.3, 0.4) is 0 Å². The molecular formula is C12H10BrNO3S. The Hall–Kier alpha value is -1.32. The molecule has 0 amide bonds. The Bertz CT molecular complexity index is 534. The summed E-state index contributed by atoms with van der Waals surface area (Å²) in [5.74, 6) is 6.19. The summed E-state index contributed by atoms with van der Waals surface area (Å²) in [7, 11) is 0. The van der Waals surface area contributed by atoms with E-state index in [0.29, 0.717) is 22.2 Å². The molecule has 94 valence electrons. The van der Waals surface area contributed by atoms with Crippen LogP contribution in [0.15, 0.2) is 22.7 Å². The fraction of sp³-hybridized carbons (Fsp3) is 0.250. The lowest BCUT2D eigenvalue weighted by Crippen LogP contribution is -1.92. The minimum absolute atomic E-state index is 0.0175. The Kier molecular flexibility index (Phi) is 5.89. The summed E-state index contributed by atoms with van der Waals surface area (Å²) in [6, 6.07) is 4.74. The van der Waals surface area contributed by atoms with Crippen molar-refractivity contribution in [2.45, 2.75) is 13.3 Å². The van der Waals surface area contributed by atoms with Crippen LogP contribution in [-0.4, -0.2) is 15.8 Å². The number of nitro groups is 1. The van der Waals surface area contributed by atoms with Crippen LogP contribution in [0.4, 0.5) is 5.69 Å². The number of halogens is 1. The molecule has 6 heteroatoms. The SMILES string of the molecule is CC(=O)SCCC#Cc1ccc(Br)cc1[N+](=O)[O-]. The molecule has 0 aromatic heterocycles. The predicted octanol–water partition coefficient (Wildman–Crippen LogP) is 3.38. The largest absolute Gasteiger partial charge is 0.288 e. The summed E-state index contributed by atoms with van der Waals surface area (Å²) in [4.78, 5) is 21.0. The fourth-order valence-corrected chi connectivity index (χ4v) is 2.01. The predicted molar refractivity (Wildman–Crippen MR) is 75.4 cm³/mol. The molecule has 0 aliphatic heterocycles. The summed E-state index contributed by atoms with van der Waals surface area (Å²) in [6.07, 6.45) is 0.525. The molecule has 1 rings (SSSR count). The van der Waals surface area contributed by atoms with Crippen molar-refractivity contribution in [1.29, 1.82) is 0 Å². The highest BCUT2D eigenvalue weighted by Crippen LogP contribution is 2.22. The van der Waals surface area contributed by atoms with Crippen molar-refractivity contribution in [3.05, 3.63) is 38.3 Å². The normalized spacial score (nSPS) is 9.44. The van der Waals surface area contributed by atoms with Crippen LogP contribution in [0.5, 0.6) is 0 Å². The van der Waals surface area contributed by atoms with Crippen LogP contribution < -0.4 is 0 Å². The van der Waals surface area contributed by atoms with Gasteiger partial charge in [0.1, 0.15) is 5.56 Å². The molecule has 0 aliphatic carbocycles. The van der Waals surface area contributed by atoms with E-state index in [1.807, 2.05) is 0 Å². The molecule has 0 unspecified atom stereocenters. The van der Waals surface area contributed by atoms with Gasteiger partial charge in [-0.05, 0) is 12.1 Å². The summed E-state index contributed by atoms with van der Waals surface area (Å²) < 4.78 is 0.645. The molecule has 1 aromatic carbocycles. The molecule has 0 spiro atoms. The van der Waals surface area contributed by atoms with Gasteiger partial charge in [-0.1, -0.05) is 39.5 Å². The number of nitro benzene ring substituents is 1. The van der Waals surface area contributed by atoms with E-state index >= 15 is 0 Å². The highest BCUT2D eigenvalue weighted by atomic mass is 79.9. The lowest BCUT2D eigenvalue weighted by Gasteiger charge is -1.96. The van der Waals surface area contributed by atoms with E-state index in [4.69, 9.17) is 0 Å². The van der Waals surface area contributed by atoms with Crippen molar-refractivity contribution < 1.29 is 9.72 Å². The molecule has 1 aromatic rings. The zero-order chi connectivity index (χ0) is 13.5. The monoisotopic (exact) mass is 327 g/mol. The lowest BCUT2D eigenvalue weighted by molar-refractivity contribution is -0.385. The van der Waals surface area contributed by atoms with E-state index in [1.165, 1.54) is 24.8 Å². The van der Waals surface area contributed by atoms with Gasteiger partial charge in [0.05, 0.1) is 4.92 Å². The van der Waals surface area contributed by atoms with Crippen LogP contribution in [0.25, 0.3) is 0 Å². The maximum Gasteiger partial charge on any atom is 0.286 e. The molecular weight excluding hydrogens is 318 g/mol. The molecule has 4 nitrogen and oxygen atoms in total. The molecule has 0 heterocycles. The standard InChI is InChI=1S/C12H10BrNO3S/c1-9(15)18-7-3-2-4-10-5-6-11(13)8-12(10)14(16)17/h5-6,8H,3,7H2,1H3. The third-order valence-corrected chi connectivity index (χ3v) is 3.22. The zero-order valence-electron chi connectivity index (χ0n) is 9.60. The summed E-state index contributed by atoms with van der Waals surface area (Å²) in [5.41, 5.74) is 0.368. The first-order valence-corrected chi connectivity index (χ1v) is 6.84. The van der Waals surface area contributed by atoms with Gasteiger partial charge >= 0.3 is 0 Å². The van der Waals surface area contributed by atoms with Gasteiger partial charge in [0, 0.05) is 29.6 Å². The molecule has 0 bridgehead atoms. The topological polar surface area (TPSA) is 60.2 Å². The first kappa shape index (κ1) is 14.7. The van der Waals surface area contributed by atoms with Gasteiger partial charge in [-0.25, -0.2) is 0 Å². The minimum Gasteiger partial charge on any atom is -0.288 e. The quantitative estimate of drug-likeness (QED) is 0.369. The second-order valence-electron chi connectivity index (χ2n) is 3.31. The molecule has 0 saturated carbocycles. The summed E-state index contributed by atoms with van der Waals surface area (Å²) >= 11 is 4.38. The summed E-state index contributed by atoms with van der Waals surface area (Å²) in [5, 5.41) is 10.9. The van der Waals surface area contributed by atoms with E-state index in [-0.39, 0.29) is 10.8 Å². The average molecular weight is 328 g/mol. The van der Waals surface area contributed by atoms with E-state index < -0.39 is 4.92 Å². The average Bonchev–Trinajstić information content (AvgIpc) is 2.29. The molecule has 0 N–H and O–H groups in total. The molecule has 0 atom stereocenters. The van der Waals surface area contributed by atoms with Crippen molar-refractivity contribution in [2.75, 3.05) is 5.75 Å². The van der Waals surface area contributed by atoms with Gasteiger partial charge in [0.2, 0.25) is 0 Å². The van der Waals surface area contributed by atoms with Gasteiger partial charge in [-0.3, -0.25) is 14.9 Å². The van der Waals surface area contributed by atoms with E-state index in [0.717, 1.165) is 0 Å². The Morgan fingerprint density at radius 3 is 2.89 bits per heavy atom. The number of rotatable bonds is 3. The molecule has 0 radical (unpaired) electrons. The minimum atomic E-state index is -0.459. The first-order valence-electron chi connectivity index (χ1n) is 5.07. The number of nitrogens with zero attached hydrogens (tertiary/aromatic N) is 1. The third-order valence-electron chi connectivity index (χ3n) is 1.91. The fourth-order valence-electron chi connectivity index (χ4n) is 1.17. The van der Waals surface area contributed by atoms with E-state index in [9.17, 15) is 14.9 Å². The molecule has 18 heavy (non-hydrogen) atoms. The third kappa shape index (κ3) is 4.90. The van der Waals surface area contributed by atoms with Crippen molar-refractivity contribution in [3.8, 4) is 11.8 Å². The lowest BCUT2D eigenvalue weighted by atomic mass is 10.2. The Morgan fingerprint density at radius 1 is 1.56 bits per heavy atom. The Balaban J connectivity index is 2.75. The van der Waals surface area contributed by atoms with Crippen LogP contribution in [0, 0.1) is 22.0 Å². The summed E-state index contributed by atoms with van der Waals surface area (Å²) in [6.45, 7) is 1.50. The maximum atomic E-state index is 10.8. The number of benzene rings is 1. The van der Waals surface area contributed by atoms with Gasteiger partial charge in [-0.15, -0.1) is 0 Å². The Morgan fingerprint density at radius 2 is 2.28 bits per heavy atom. The molecule has 0 fully saturated rings. The van der Waals surface area contributed by atoms with Crippen molar-refractivity contribution in [1.82, 2.24) is 0 Å². The van der Waals surface area contributed by atoms with Crippen LogP contribution in [-0.2, 0) is 4.79 Å². The van der Waals surface area contributed by atoms with Gasteiger partial charge in [0.15, 0.2) is 5.12 Å². The van der Waals surface area contributed by atoms with Crippen LogP contribution in [0.2, 0.25) is 0 Å². The smallest absolute Gasteiger partial charge is 0.286 e. The number of carbonyl (C=O) groups excluding carboxylic acids is 1. The maximum absolute atomic E-state index is 10.8. The Labute approximate surface area is 117 Å². The van der Waals surface area contributed by atoms with Crippen LogP contribution in [0.1, 0.15) is 18.9 Å². The van der Waals surface area contributed by atoms with Crippen molar-refractivity contribution >= 4 is 38.5 Å². The van der Waals surface area contributed by atoms with Crippen molar-refractivity contribution in [2.24, 2.45) is 0 Å². The first-order chi connectivity index (χ1) is 8.50. The molecule has 0 saturated heterocycles. The number of hydrogen-bond donors (Lipinski definition) is 0. The second-order valence-corrected chi connectivity index (χ2v) is 5.50. The van der Waals surface area contributed by atoms with Crippen LogP contribution >= 0.6 is 27.7 Å².